The number of methoxy groups -OCH3 is 1. The first-order chi connectivity index (χ1) is 10.1. The molecule has 7 nitrogen and oxygen atoms in total. The summed E-state index contributed by atoms with van der Waals surface area (Å²) < 4.78 is 11.8. The third-order valence-electron chi connectivity index (χ3n) is 3.22. The molecule has 0 atom stereocenters. The van der Waals surface area contributed by atoms with E-state index in [0.717, 1.165) is 5.56 Å². The van der Waals surface area contributed by atoms with Crippen LogP contribution in [0.5, 0.6) is 5.75 Å². The molecule has 0 unspecified atom stereocenters. The number of hydrogen-bond donors (Lipinski definition) is 1. The predicted octanol–water partition coefficient (Wildman–Crippen LogP) is 1.84. The number of ether oxygens (including phenoxy) is 1. The summed E-state index contributed by atoms with van der Waals surface area (Å²) in [6.07, 6.45) is 0. The number of aromatic amines is 1. The van der Waals surface area contributed by atoms with Gasteiger partial charge in [-0.25, -0.2) is 14.5 Å². The minimum absolute atomic E-state index is 0.345. The summed E-state index contributed by atoms with van der Waals surface area (Å²) in [5.74, 6) is 1.72. The number of rotatable bonds is 3. The fraction of sp³-hybridized carbons (Fsp3) is 0.214. The van der Waals surface area contributed by atoms with Gasteiger partial charge in [0.05, 0.1) is 7.11 Å². The molecular weight excluding hydrogens is 272 g/mol. The minimum atomic E-state index is -0.345. The van der Waals surface area contributed by atoms with Crippen LogP contribution in [0.15, 0.2) is 33.6 Å². The Balaban J connectivity index is 2.24. The number of nitrogens with one attached hydrogen (secondary N) is 1. The van der Waals surface area contributed by atoms with E-state index in [1.165, 1.54) is 4.57 Å². The van der Waals surface area contributed by atoms with E-state index in [1.54, 1.807) is 21.0 Å². The molecule has 2 aromatic heterocycles. The van der Waals surface area contributed by atoms with Crippen LogP contribution >= 0.6 is 0 Å². The van der Waals surface area contributed by atoms with Gasteiger partial charge in [-0.15, -0.1) is 0 Å². The SMILES string of the molecule is COc1cccc(-c2n[nH]c(=O)n2-c2c(C)noc2C)c1. The molecule has 1 aromatic carbocycles. The second-order valence-corrected chi connectivity index (χ2v) is 4.59. The first-order valence-electron chi connectivity index (χ1n) is 6.37. The molecule has 0 aliphatic heterocycles. The van der Waals surface area contributed by atoms with E-state index in [0.29, 0.717) is 28.7 Å². The van der Waals surface area contributed by atoms with Crippen molar-refractivity contribution in [3.05, 3.63) is 46.2 Å². The maximum atomic E-state index is 12.1. The second-order valence-electron chi connectivity index (χ2n) is 4.59. The highest BCUT2D eigenvalue weighted by Gasteiger charge is 2.19. The summed E-state index contributed by atoms with van der Waals surface area (Å²) in [5, 5.41) is 10.4. The highest BCUT2D eigenvalue weighted by molar-refractivity contribution is 5.61. The molecule has 0 aliphatic rings. The van der Waals surface area contributed by atoms with Crippen molar-refractivity contribution >= 4 is 0 Å². The van der Waals surface area contributed by atoms with Gasteiger partial charge >= 0.3 is 5.69 Å². The van der Waals surface area contributed by atoms with Crippen molar-refractivity contribution in [2.75, 3.05) is 7.11 Å². The van der Waals surface area contributed by atoms with E-state index in [1.807, 2.05) is 24.3 Å². The van der Waals surface area contributed by atoms with Crippen molar-refractivity contribution in [1.82, 2.24) is 19.9 Å². The summed E-state index contributed by atoms with van der Waals surface area (Å²) in [6, 6.07) is 7.33. The third-order valence-corrected chi connectivity index (χ3v) is 3.22. The molecule has 0 aliphatic carbocycles. The van der Waals surface area contributed by atoms with Crippen molar-refractivity contribution in [2.24, 2.45) is 0 Å². The summed E-state index contributed by atoms with van der Waals surface area (Å²) in [6.45, 7) is 3.53. The molecule has 0 amide bonds. The van der Waals surface area contributed by atoms with Crippen LogP contribution in [0, 0.1) is 13.8 Å². The van der Waals surface area contributed by atoms with Crippen molar-refractivity contribution in [2.45, 2.75) is 13.8 Å². The van der Waals surface area contributed by atoms with E-state index >= 15 is 0 Å². The Morgan fingerprint density at radius 2 is 2.14 bits per heavy atom. The van der Waals surface area contributed by atoms with E-state index in [-0.39, 0.29) is 5.69 Å². The van der Waals surface area contributed by atoms with Crippen LogP contribution < -0.4 is 10.4 Å². The van der Waals surface area contributed by atoms with Crippen LogP contribution in [0.3, 0.4) is 0 Å². The Hall–Kier alpha value is -2.83. The lowest BCUT2D eigenvalue weighted by atomic mass is 10.2. The molecule has 3 aromatic rings. The van der Waals surface area contributed by atoms with Gasteiger partial charge in [0.15, 0.2) is 11.6 Å². The Bertz CT molecular complexity index is 825. The van der Waals surface area contributed by atoms with Gasteiger partial charge in [0.25, 0.3) is 0 Å². The van der Waals surface area contributed by atoms with Crippen LogP contribution in [-0.4, -0.2) is 27.0 Å². The number of H-pyrrole nitrogens is 1. The first-order valence-corrected chi connectivity index (χ1v) is 6.37. The van der Waals surface area contributed by atoms with Gasteiger partial charge in [-0.1, -0.05) is 17.3 Å². The first kappa shape index (κ1) is 13.2. The van der Waals surface area contributed by atoms with Gasteiger partial charge in [0, 0.05) is 5.56 Å². The molecule has 0 radical (unpaired) electrons. The third kappa shape index (κ3) is 2.12. The molecule has 21 heavy (non-hydrogen) atoms. The summed E-state index contributed by atoms with van der Waals surface area (Å²) >= 11 is 0. The van der Waals surface area contributed by atoms with E-state index in [4.69, 9.17) is 9.26 Å². The highest BCUT2D eigenvalue weighted by Crippen LogP contribution is 2.25. The van der Waals surface area contributed by atoms with E-state index in [9.17, 15) is 4.79 Å². The van der Waals surface area contributed by atoms with Crippen LogP contribution in [0.2, 0.25) is 0 Å². The zero-order chi connectivity index (χ0) is 15.0. The van der Waals surface area contributed by atoms with Crippen LogP contribution in [0.4, 0.5) is 0 Å². The Kier molecular flexibility index (Phi) is 3.09. The average molecular weight is 286 g/mol. The van der Waals surface area contributed by atoms with Gasteiger partial charge < -0.3 is 9.26 Å². The molecule has 7 heteroatoms. The molecular formula is C14H14N4O3. The molecule has 0 spiro atoms. The molecule has 3 rings (SSSR count). The van der Waals surface area contributed by atoms with Crippen LogP contribution in [0.25, 0.3) is 17.1 Å². The minimum Gasteiger partial charge on any atom is -0.497 e. The lowest BCUT2D eigenvalue weighted by Gasteiger charge is -2.06. The quantitative estimate of drug-likeness (QED) is 0.794. The van der Waals surface area contributed by atoms with Crippen LogP contribution in [-0.2, 0) is 0 Å². The fourth-order valence-electron chi connectivity index (χ4n) is 2.26. The van der Waals surface area contributed by atoms with Gasteiger partial charge in [-0.3, -0.25) is 0 Å². The topological polar surface area (TPSA) is 85.9 Å². The maximum Gasteiger partial charge on any atom is 0.348 e. The normalized spacial score (nSPS) is 10.8. The standard InChI is InChI=1S/C14H14N4O3/c1-8-12(9(2)21-17-8)18-13(15-16-14(18)19)10-5-4-6-11(7-10)20-3/h4-7H,1-3H3,(H,16,19). The molecule has 0 bridgehead atoms. The second kappa shape index (κ2) is 4.93. The van der Waals surface area contributed by atoms with Crippen molar-refractivity contribution in [3.63, 3.8) is 0 Å². The Morgan fingerprint density at radius 3 is 2.81 bits per heavy atom. The molecule has 1 N–H and O–H groups in total. The lowest BCUT2D eigenvalue weighted by Crippen LogP contribution is -2.16. The van der Waals surface area contributed by atoms with Crippen molar-refractivity contribution < 1.29 is 9.26 Å². The smallest absolute Gasteiger partial charge is 0.348 e. The van der Waals surface area contributed by atoms with Crippen molar-refractivity contribution in [1.29, 1.82) is 0 Å². The summed E-state index contributed by atoms with van der Waals surface area (Å²) in [7, 11) is 1.59. The Morgan fingerprint density at radius 1 is 1.33 bits per heavy atom. The highest BCUT2D eigenvalue weighted by atomic mass is 16.5. The fourth-order valence-corrected chi connectivity index (χ4v) is 2.26. The molecule has 108 valence electrons. The van der Waals surface area contributed by atoms with Gasteiger partial charge in [0.2, 0.25) is 0 Å². The summed E-state index contributed by atoms with van der Waals surface area (Å²) in [5.41, 5.74) is 1.64. The van der Waals surface area contributed by atoms with Gasteiger partial charge in [0.1, 0.15) is 17.1 Å². The van der Waals surface area contributed by atoms with Crippen LogP contribution in [0.1, 0.15) is 11.5 Å². The van der Waals surface area contributed by atoms with Gasteiger partial charge in [-0.2, -0.15) is 5.10 Å². The molecule has 0 fully saturated rings. The van der Waals surface area contributed by atoms with Gasteiger partial charge in [-0.05, 0) is 26.0 Å². The largest absolute Gasteiger partial charge is 0.497 e. The lowest BCUT2D eigenvalue weighted by molar-refractivity contribution is 0.393. The molecule has 0 saturated heterocycles. The number of nitrogens with zero attached hydrogens (tertiary/aromatic N) is 3. The number of aromatic nitrogens is 4. The monoisotopic (exact) mass is 286 g/mol. The van der Waals surface area contributed by atoms with E-state index in [2.05, 4.69) is 15.4 Å². The van der Waals surface area contributed by atoms with Crippen molar-refractivity contribution in [3.8, 4) is 22.8 Å². The summed E-state index contributed by atoms with van der Waals surface area (Å²) in [4.78, 5) is 12.1. The maximum absolute atomic E-state index is 12.1. The Labute approximate surface area is 120 Å². The number of aryl methyl sites for hydroxylation is 2. The number of benzene rings is 1. The van der Waals surface area contributed by atoms with E-state index < -0.39 is 0 Å². The average Bonchev–Trinajstić information content (AvgIpc) is 3.02. The molecule has 2 heterocycles. The number of hydrogen-bond acceptors (Lipinski definition) is 5. The zero-order valence-corrected chi connectivity index (χ0v) is 11.9. The molecule has 0 saturated carbocycles. The predicted molar refractivity (Wildman–Crippen MR) is 75.7 cm³/mol. The zero-order valence-electron chi connectivity index (χ0n) is 11.9.